The van der Waals surface area contributed by atoms with Crippen LogP contribution >= 0.6 is 0 Å². The van der Waals surface area contributed by atoms with Gasteiger partial charge in [-0.05, 0) is 32.8 Å². The van der Waals surface area contributed by atoms with Crippen LogP contribution in [0.3, 0.4) is 0 Å². The third kappa shape index (κ3) is 5.33. The number of rotatable bonds is 4. The summed E-state index contributed by atoms with van der Waals surface area (Å²) in [6, 6.07) is 1.76. The lowest BCUT2D eigenvalue weighted by atomic mass is 9.95. The topological polar surface area (TPSA) is 113 Å². The molecule has 8 nitrogen and oxygen atoms in total. The number of nitrogens with zero attached hydrogens (tertiary/aromatic N) is 4. The normalized spacial score (nSPS) is 15.0. The first-order valence-corrected chi connectivity index (χ1v) is 9.19. The number of aryl methyl sites for hydroxylation is 1. The third-order valence-electron chi connectivity index (χ3n) is 4.57. The first-order chi connectivity index (χ1) is 12.8. The van der Waals surface area contributed by atoms with Crippen molar-refractivity contribution in [3.63, 3.8) is 0 Å². The molecule has 0 saturated heterocycles. The fourth-order valence-electron chi connectivity index (χ4n) is 3.07. The molecule has 0 aromatic carbocycles. The summed E-state index contributed by atoms with van der Waals surface area (Å²) in [5.74, 6) is 0.164. The summed E-state index contributed by atoms with van der Waals surface area (Å²) < 4.78 is 1.78. The van der Waals surface area contributed by atoms with Crippen LogP contribution in [0.1, 0.15) is 62.1 Å². The minimum atomic E-state index is -1.17. The Morgan fingerprint density at radius 2 is 1.89 bits per heavy atom. The molecule has 0 spiro atoms. The van der Waals surface area contributed by atoms with E-state index in [0.717, 1.165) is 32.8 Å². The maximum Gasteiger partial charge on any atom is 0.270 e. The summed E-state index contributed by atoms with van der Waals surface area (Å²) >= 11 is 0. The third-order valence-corrected chi connectivity index (χ3v) is 4.57. The summed E-state index contributed by atoms with van der Waals surface area (Å²) in [5.41, 5.74) is 0.204. The highest BCUT2D eigenvalue weighted by atomic mass is 16.3. The molecule has 8 heteroatoms. The van der Waals surface area contributed by atoms with Crippen molar-refractivity contribution >= 4 is 5.91 Å². The van der Waals surface area contributed by atoms with E-state index in [-0.39, 0.29) is 17.6 Å². The molecule has 0 bridgehead atoms. The van der Waals surface area contributed by atoms with Crippen LogP contribution in [0.5, 0.6) is 0 Å². The standard InChI is InChI=1S/C18H25N5O2.CH4O/c1-18(2,25)15-9-13(17(24)20-12-7-5-4-6-8-12)21-16(22-15)14-10-19-11-23(14)3;1-2/h9-12,25H,4-8H2,1-3H3,(H,20,24);2H,1H3. The second-order valence-corrected chi connectivity index (χ2v) is 7.22. The molecule has 3 rings (SSSR count). The van der Waals surface area contributed by atoms with Crippen molar-refractivity contribution in [3.8, 4) is 11.5 Å². The van der Waals surface area contributed by atoms with Crippen molar-refractivity contribution < 1.29 is 15.0 Å². The van der Waals surface area contributed by atoms with E-state index in [1.165, 1.54) is 6.42 Å². The number of amides is 1. The number of aliphatic hydroxyl groups excluding tert-OH is 1. The summed E-state index contributed by atoms with van der Waals surface area (Å²) in [7, 11) is 2.84. The van der Waals surface area contributed by atoms with E-state index in [2.05, 4.69) is 20.3 Å². The molecule has 0 aliphatic heterocycles. The molecule has 27 heavy (non-hydrogen) atoms. The number of aliphatic hydroxyl groups is 2. The van der Waals surface area contributed by atoms with Gasteiger partial charge < -0.3 is 20.1 Å². The molecule has 2 aromatic heterocycles. The fraction of sp³-hybridized carbons (Fsp3) is 0.579. The molecular weight excluding hydrogens is 346 g/mol. The minimum absolute atomic E-state index is 0.196. The molecule has 3 N–H and O–H groups in total. The molecule has 2 heterocycles. The smallest absolute Gasteiger partial charge is 0.270 e. The Hall–Kier alpha value is -2.32. The van der Waals surface area contributed by atoms with E-state index < -0.39 is 5.60 Å². The van der Waals surface area contributed by atoms with Crippen LogP contribution < -0.4 is 5.32 Å². The van der Waals surface area contributed by atoms with Gasteiger partial charge in [-0.3, -0.25) is 4.79 Å². The van der Waals surface area contributed by atoms with Gasteiger partial charge in [0, 0.05) is 20.2 Å². The minimum Gasteiger partial charge on any atom is -0.400 e. The Labute approximate surface area is 159 Å². The molecule has 1 aliphatic rings. The van der Waals surface area contributed by atoms with Gasteiger partial charge in [-0.2, -0.15) is 0 Å². The first-order valence-electron chi connectivity index (χ1n) is 9.19. The van der Waals surface area contributed by atoms with Crippen molar-refractivity contribution in [3.05, 3.63) is 30.0 Å². The highest BCUT2D eigenvalue weighted by Gasteiger charge is 2.24. The van der Waals surface area contributed by atoms with Crippen LogP contribution in [0.2, 0.25) is 0 Å². The zero-order valence-corrected chi connectivity index (χ0v) is 16.4. The number of hydrogen-bond donors (Lipinski definition) is 3. The van der Waals surface area contributed by atoms with Crippen LogP contribution in [0.25, 0.3) is 11.5 Å². The Balaban J connectivity index is 0.00000126. The number of carbonyl (C=O) groups is 1. The first kappa shape index (κ1) is 21.0. The predicted molar refractivity (Wildman–Crippen MR) is 102 cm³/mol. The Kier molecular flexibility index (Phi) is 7.04. The van der Waals surface area contributed by atoms with Gasteiger partial charge >= 0.3 is 0 Å². The van der Waals surface area contributed by atoms with Crippen LogP contribution in [0, 0.1) is 0 Å². The fourth-order valence-corrected chi connectivity index (χ4v) is 3.07. The van der Waals surface area contributed by atoms with Crippen molar-refractivity contribution in [2.75, 3.05) is 7.11 Å². The molecule has 0 unspecified atom stereocenters. The summed E-state index contributed by atoms with van der Waals surface area (Å²) in [5, 5.41) is 20.4. The molecule has 1 fully saturated rings. The maximum atomic E-state index is 12.7. The van der Waals surface area contributed by atoms with E-state index >= 15 is 0 Å². The lowest BCUT2D eigenvalue weighted by Gasteiger charge is -2.23. The highest BCUT2D eigenvalue weighted by molar-refractivity contribution is 5.93. The average Bonchev–Trinajstić information content (AvgIpc) is 3.09. The van der Waals surface area contributed by atoms with Gasteiger partial charge in [0.1, 0.15) is 17.0 Å². The molecule has 1 saturated carbocycles. The van der Waals surface area contributed by atoms with Crippen molar-refractivity contribution in [2.45, 2.75) is 57.6 Å². The number of aromatic nitrogens is 4. The SMILES string of the molecule is CO.Cn1cncc1-c1nc(C(=O)NC2CCCCC2)cc(C(C)(C)O)n1. The molecule has 148 valence electrons. The quantitative estimate of drug-likeness (QED) is 0.751. The Bertz CT molecular complexity index is 761. The number of imidazole rings is 1. The van der Waals surface area contributed by atoms with Gasteiger partial charge in [0.05, 0.1) is 18.2 Å². The van der Waals surface area contributed by atoms with Gasteiger partial charge in [0.15, 0.2) is 5.82 Å². The summed E-state index contributed by atoms with van der Waals surface area (Å²) in [6.07, 6.45) is 8.82. The summed E-state index contributed by atoms with van der Waals surface area (Å²) in [4.78, 5) is 25.6. The molecule has 1 amide bonds. The van der Waals surface area contributed by atoms with Gasteiger partial charge in [-0.15, -0.1) is 0 Å². The van der Waals surface area contributed by atoms with E-state index in [1.54, 1.807) is 37.0 Å². The Morgan fingerprint density at radius 3 is 2.44 bits per heavy atom. The molecule has 2 aromatic rings. The predicted octanol–water partition coefficient (Wildman–Crippen LogP) is 1.78. The number of hydrogen-bond acceptors (Lipinski definition) is 6. The average molecular weight is 375 g/mol. The highest BCUT2D eigenvalue weighted by Crippen LogP contribution is 2.23. The molecular formula is C19H29N5O3. The lowest BCUT2D eigenvalue weighted by molar-refractivity contribution is 0.0735. The van der Waals surface area contributed by atoms with Gasteiger partial charge in [-0.25, -0.2) is 15.0 Å². The van der Waals surface area contributed by atoms with E-state index in [0.29, 0.717) is 17.2 Å². The van der Waals surface area contributed by atoms with E-state index in [1.807, 2.05) is 7.05 Å². The largest absolute Gasteiger partial charge is 0.400 e. The molecule has 0 radical (unpaired) electrons. The maximum absolute atomic E-state index is 12.7. The zero-order chi connectivity index (χ0) is 20.0. The number of nitrogens with one attached hydrogen (secondary N) is 1. The van der Waals surface area contributed by atoms with Crippen molar-refractivity contribution in [1.29, 1.82) is 0 Å². The van der Waals surface area contributed by atoms with Crippen molar-refractivity contribution in [2.24, 2.45) is 7.05 Å². The summed E-state index contributed by atoms with van der Waals surface area (Å²) in [6.45, 7) is 3.29. The van der Waals surface area contributed by atoms with Gasteiger partial charge in [0.25, 0.3) is 5.91 Å². The monoisotopic (exact) mass is 375 g/mol. The van der Waals surface area contributed by atoms with E-state index in [4.69, 9.17) is 5.11 Å². The van der Waals surface area contributed by atoms with Crippen LogP contribution in [0.15, 0.2) is 18.6 Å². The lowest BCUT2D eigenvalue weighted by Crippen LogP contribution is -2.37. The molecule has 1 aliphatic carbocycles. The Morgan fingerprint density at radius 1 is 1.22 bits per heavy atom. The zero-order valence-electron chi connectivity index (χ0n) is 16.4. The van der Waals surface area contributed by atoms with Crippen LogP contribution in [-0.4, -0.2) is 48.8 Å². The van der Waals surface area contributed by atoms with Gasteiger partial charge in [0.2, 0.25) is 0 Å². The van der Waals surface area contributed by atoms with Gasteiger partial charge in [-0.1, -0.05) is 19.3 Å². The second-order valence-electron chi connectivity index (χ2n) is 7.22. The van der Waals surface area contributed by atoms with Crippen molar-refractivity contribution in [1.82, 2.24) is 24.8 Å². The molecule has 0 atom stereocenters. The second kappa shape index (κ2) is 9.05. The number of carbonyl (C=O) groups excluding carboxylic acids is 1. The van der Waals surface area contributed by atoms with E-state index in [9.17, 15) is 9.90 Å². The van der Waals surface area contributed by atoms with Crippen LogP contribution in [0.4, 0.5) is 0 Å². The van der Waals surface area contributed by atoms with Crippen LogP contribution in [-0.2, 0) is 12.6 Å².